The van der Waals surface area contributed by atoms with Crippen molar-refractivity contribution in [3.63, 3.8) is 0 Å². The number of benzene rings is 2. The van der Waals surface area contributed by atoms with E-state index in [0.717, 1.165) is 12.0 Å². The van der Waals surface area contributed by atoms with Gasteiger partial charge in [-0.1, -0.05) is 13.0 Å². The first-order valence-corrected chi connectivity index (χ1v) is 8.93. The number of nitrogens with two attached hydrogens (primary N) is 1. The van der Waals surface area contributed by atoms with E-state index in [4.69, 9.17) is 20.5 Å². The van der Waals surface area contributed by atoms with E-state index in [2.05, 4.69) is 5.32 Å². The second kappa shape index (κ2) is 10.1. The fourth-order valence-electron chi connectivity index (χ4n) is 2.62. The molecule has 0 radical (unpaired) electrons. The van der Waals surface area contributed by atoms with Crippen LogP contribution >= 0.6 is 0 Å². The molecule has 2 aromatic rings. The maximum absolute atomic E-state index is 12.7. The number of esters is 2. The zero-order valence-electron chi connectivity index (χ0n) is 15.9. The standard InChI is InChI=1S/C21H23N3O4/c1-3-15-6-9-19(27-11-10-22)18(12-15)20(21(26)28-14(2)25)24-17-7-4-16(13-23)5-8-17/h4-9,12,20,24H,3,10-11,22H2,1-2H3. The molecule has 2 rings (SSSR count). The summed E-state index contributed by atoms with van der Waals surface area (Å²) in [5, 5.41) is 12.0. The van der Waals surface area contributed by atoms with E-state index in [1.165, 1.54) is 6.92 Å². The fraction of sp³-hybridized carbons (Fsp3) is 0.286. The van der Waals surface area contributed by atoms with Crippen molar-refractivity contribution in [3.05, 3.63) is 59.2 Å². The van der Waals surface area contributed by atoms with E-state index in [1.807, 2.05) is 25.1 Å². The Morgan fingerprint density at radius 1 is 1.21 bits per heavy atom. The van der Waals surface area contributed by atoms with Crippen LogP contribution in [0.4, 0.5) is 5.69 Å². The molecule has 0 aromatic heterocycles. The molecule has 0 spiro atoms. The number of aryl methyl sites for hydroxylation is 1. The van der Waals surface area contributed by atoms with Gasteiger partial charge in [0.2, 0.25) is 0 Å². The van der Waals surface area contributed by atoms with Gasteiger partial charge in [0.1, 0.15) is 12.4 Å². The van der Waals surface area contributed by atoms with E-state index >= 15 is 0 Å². The molecule has 7 heteroatoms. The lowest BCUT2D eigenvalue weighted by Gasteiger charge is -2.22. The molecule has 0 fully saturated rings. The van der Waals surface area contributed by atoms with Crippen molar-refractivity contribution in [2.45, 2.75) is 26.3 Å². The normalized spacial score (nSPS) is 11.2. The minimum atomic E-state index is -0.976. The molecule has 0 aliphatic rings. The number of anilines is 1. The topological polar surface area (TPSA) is 114 Å². The summed E-state index contributed by atoms with van der Waals surface area (Å²) in [4.78, 5) is 24.0. The largest absolute Gasteiger partial charge is 0.492 e. The molecule has 146 valence electrons. The van der Waals surface area contributed by atoms with Gasteiger partial charge in [0.05, 0.1) is 11.6 Å². The predicted octanol–water partition coefficient (Wildman–Crippen LogP) is 2.70. The van der Waals surface area contributed by atoms with Crippen LogP contribution in [0, 0.1) is 11.3 Å². The summed E-state index contributed by atoms with van der Waals surface area (Å²) in [7, 11) is 0. The molecule has 0 saturated heterocycles. The third kappa shape index (κ3) is 5.56. The third-order valence-electron chi connectivity index (χ3n) is 3.97. The Labute approximate surface area is 164 Å². The van der Waals surface area contributed by atoms with Crippen molar-refractivity contribution in [2.75, 3.05) is 18.5 Å². The Bertz CT molecular complexity index is 872. The molecule has 0 aliphatic carbocycles. The Hall–Kier alpha value is -3.37. The lowest BCUT2D eigenvalue weighted by molar-refractivity contribution is -0.158. The molecule has 3 N–H and O–H groups in total. The van der Waals surface area contributed by atoms with Gasteiger partial charge in [0.25, 0.3) is 0 Å². The number of carbonyl (C=O) groups is 2. The number of nitriles is 1. The van der Waals surface area contributed by atoms with Gasteiger partial charge in [0, 0.05) is 24.7 Å². The Balaban J connectivity index is 2.46. The van der Waals surface area contributed by atoms with Crippen molar-refractivity contribution in [1.82, 2.24) is 0 Å². The minimum Gasteiger partial charge on any atom is -0.492 e. The van der Waals surface area contributed by atoms with Crippen LogP contribution in [-0.2, 0) is 20.7 Å². The number of nitrogens with one attached hydrogen (secondary N) is 1. The van der Waals surface area contributed by atoms with E-state index in [1.54, 1.807) is 30.3 Å². The lowest BCUT2D eigenvalue weighted by atomic mass is 10.0. The molecular formula is C21H23N3O4. The fourth-order valence-corrected chi connectivity index (χ4v) is 2.62. The predicted molar refractivity (Wildman–Crippen MR) is 105 cm³/mol. The molecule has 0 aliphatic heterocycles. The van der Waals surface area contributed by atoms with Crippen molar-refractivity contribution < 1.29 is 19.1 Å². The summed E-state index contributed by atoms with van der Waals surface area (Å²) < 4.78 is 10.5. The van der Waals surface area contributed by atoms with Crippen molar-refractivity contribution >= 4 is 17.6 Å². The highest BCUT2D eigenvalue weighted by Gasteiger charge is 2.27. The van der Waals surface area contributed by atoms with Crippen LogP contribution in [0.3, 0.4) is 0 Å². The van der Waals surface area contributed by atoms with Crippen LogP contribution in [-0.4, -0.2) is 25.1 Å². The van der Waals surface area contributed by atoms with Crippen LogP contribution in [0.25, 0.3) is 0 Å². The highest BCUT2D eigenvalue weighted by molar-refractivity contribution is 5.90. The first kappa shape index (κ1) is 20.9. The van der Waals surface area contributed by atoms with Gasteiger partial charge in [-0.3, -0.25) is 4.79 Å². The average molecular weight is 381 g/mol. The van der Waals surface area contributed by atoms with Gasteiger partial charge in [-0.15, -0.1) is 0 Å². The van der Waals surface area contributed by atoms with E-state index < -0.39 is 18.0 Å². The molecule has 0 saturated carbocycles. The Morgan fingerprint density at radius 3 is 2.50 bits per heavy atom. The van der Waals surface area contributed by atoms with Gasteiger partial charge >= 0.3 is 11.9 Å². The summed E-state index contributed by atoms with van der Waals surface area (Å²) >= 11 is 0. The van der Waals surface area contributed by atoms with E-state index in [0.29, 0.717) is 29.1 Å². The minimum absolute atomic E-state index is 0.282. The van der Waals surface area contributed by atoms with Crippen LogP contribution in [0.15, 0.2) is 42.5 Å². The Kier molecular flexibility index (Phi) is 7.55. The monoisotopic (exact) mass is 381 g/mol. The van der Waals surface area contributed by atoms with Gasteiger partial charge < -0.3 is 20.5 Å². The molecule has 28 heavy (non-hydrogen) atoms. The molecule has 0 bridgehead atoms. The highest BCUT2D eigenvalue weighted by atomic mass is 16.6. The number of nitrogens with zero attached hydrogens (tertiary/aromatic N) is 1. The maximum atomic E-state index is 12.7. The number of hydrogen-bond acceptors (Lipinski definition) is 7. The molecule has 1 atom stereocenters. The zero-order chi connectivity index (χ0) is 20.5. The third-order valence-corrected chi connectivity index (χ3v) is 3.97. The summed E-state index contributed by atoms with van der Waals surface area (Å²) in [5.41, 5.74) is 8.16. The number of ether oxygens (including phenoxy) is 2. The smallest absolute Gasteiger partial charge is 0.341 e. The molecule has 7 nitrogen and oxygen atoms in total. The van der Waals surface area contributed by atoms with E-state index in [-0.39, 0.29) is 6.61 Å². The van der Waals surface area contributed by atoms with Crippen molar-refractivity contribution in [2.24, 2.45) is 5.73 Å². The van der Waals surface area contributed by atoms with Gasteiger partial charge in [-0.2, -0.15) is 5.26 Å². The SMILES string of the molecule is CCc1ccc(OCCN)c(C(Nc2ccc(C#N)cc2)C(=O)OC(C)=O)c1. The average Bonchev–Trinajstić information content (AvgIpc) is 2.70. The van der Waals surface area contributed by atoms with Crippen LogP contribution in [0.2, 0.25) is 0 Å². The summed E-state index contributed by atoms with van der Waals surface area (Å²) in [5.74, 6) is -0.968. The van der Waals surface area contributed by atoms with Gasteiger partial charge in [0.15, 0.2) is 6.04 Å². The van der Waals surface area contributed by atoms with E-state index in [9.17, 15) is 9.59 Å². The zero-order valence-corrected chi connectivity index (χ0v) is 15.9. The number of hydrogen-bond donors (Lipinski definition) is 2. The second-order valence-electron chi connectivity index (χ2n) is 6.04. The highest BCUT2D eigenvalue weighted by Crippen LogP contribution is 2.31. The molecule has 0 heterocycles. The van der Waals surface area contributed by atoms with Crippen LogP contribution in [0.1, 0.15) is 36.6 Å². The summed E-state index contributed by atoms with van der Waals surface area (Å²) in [6.45, 7) is 3.77. The van der Waals surface area contributed by atoms with Crippen LogP contribution < -0.4 is 15.8 Å². The summed E-state index contributed by atoms with van der Waals surface area (Å²) in [6, 6.07) is 13.2. The molecule has 2 aromatic carbocycles. The van der Waals surface area contributed by atoms with Crippen LogP contribution in [0.5, 0.6) is 5.75 Å². The first-order valence-electron chi connectivity index (χ1n) is 8.93. The second-order valence-corrected chi connectivity index (χ2v) is 6.04. The summed E-state index contributed by atoms with van der Waals surface area (Å²) in [6.07, 6.45) is 0.759. The maximum Gasteiger partial charge on any atom is 0.341 e. The molecular weight excluding hydrogens is 358 g/mol. The molecule has 1 unspecified atom stereocenters. The quantitative estimate of drug-likeness (QED) is 0.534. The first-order chi connectivity index (χ1) is 13.5. The number of carbonyl (C=O) groups excluding carboxylic acids is 2. The van der Waals surface area contributed by atoms with Crippen molar-refractivity contribution in [1.29, 1.82) is 5.26 Å². The van der Waals surface area contributed by atoms with Gasteiger partial charge in [-0.05, 0) is 48.4 Å². The lowest BCUT2D eigenvalue weighted by Crippen LogP contribution is -2.26. The number of rotatable bonds is 8. The van der Waals surface area contributed by atoms with Crippen molar-refractivity contribution in [3.8, 4) is 11.8 Å². The Morgan fingerprint density at radius 2 is 1.93 bits per heavy atom. The molecule has 0 amide bonds. The van der Waals surface area contributed by atoms with Gasteiger partial charge in [-0.25, -0.2) is 4.79 Å².